The third-order valence-electron chi connectivity index (χ3n) is 2.97. The Labute approximate surface area is 122 Å². The van der Waals surface area contributed by atoms with Crippen LogP contribution in [0.4, 0.5) is 4.39 Å². The number of hydrogen-bond acceptors (Lipinski definition) is 4. The lowest BCUT2D eigenvalue weighted by Crippen LogP contribution is -2.27. The number of rotatable bonds is 5. The van der Waals surface area contributed by atoms with Gasteiger partial charge >= 0.3 is 0 Å². The van der Waals surface area contributed by atoms with Gasteiger partial charge in [-0.2, -0.15) is 0 Å². The van der Waals surface area contributed by atoms with Crippen molar-refractivity contribution >= 4 is 10.0 Å². The van der Waals surface area contributed by atoms with E-state index in [2.05, 4.69) is 9.71 Å². The number of methoxy groups -OCH3 is 1. The zero-order valence-electron chi connectivity index (χ0n) is 11.6. The van der Waals surface area contributed by atoms with Crippen LogP contribution in [0.15, 0.2) is 47.6 Å². The van der Waals surface area contributed by atoms with E-state index in [-0.39, 0.29) is 10.6 Å². The third-order valence-corrected chi connectivity index (χ3v) is 4.51. The van der Waals surface area contributed by atoms with E-state index < -0.39 is 21.9 Å². The van der Waals surface area contributed by atoms with Gasteiger partial charge in [-0.25, -0.2) is 17.5 Å². The van der Waals surface area contributed by atoms with Crippen molar-refractivity contribution in [1.29, 1.82) is 0 Å². The molecular weight excluding hydrogens is 295 g/mol. The summed E-state index contributed by atoms with van der Waals surface area (Å²) >= 11 is 0. The maximum absolute atomic E-state index is 13.6. The largest absolute Gasteiger partial charge is 0.494 e. The molecule has 2 rings (SSSR count). The van der Waals surface area contributed by atoms with Gasteiger partial charge in [-0.3, -0.25) is 4.98 Å². The predicted octanol–water partition coefficient (Wildman–Crippen LogP) is 2.27. The standard InChI is InChI=1S/C14H15FN2O3S/c1-10(11-5-7-16-8-6-11)17-21(18,19)12-3-4-14(20-2)13(15)9-12/h3-10,17H,1-2H3/t10-/m1/s1. The van der Waals surface area contributed by atoms with Gasteiger partial charge in [-0.1, -0.05) is 0 Å². The second kappa shape index (κ2) is 6.19. The second-order valence-corrected chi connectivity index (χ2v) is 6.13. The van der Waals surface area contributed by atoms with Crippen LogP contribution >= 0.6 is 0 Å². The summed E-state index contributed by atoms with van der Waals surface area (Å²) in [6.45, 7) is 1.70. The van der Waals surface area contributed by atoms with Gasteiger partial charge in [0.15, 0.2) is 11.6 Å². The Morgan fingerprint density at radius 3 is 2.48 bits per heavy atom. The maximum atomic E-state index is 13.6. The second-order valence-electron chi connectivity index (χ2n) is 4.42. The van der Waals surface area contributed by atoms with Crippen molar-refractivity contribution in [2.75, 3.05) is 7.11 Å². The van der Waals surface area contributed by atoms with Crippen molar-refractivity contribution in [3.63, 3.8) is 0 Å². The molecule has 1 aromatic carbocycles. The molecule has 0 aliphatic heterocycles. The monoisotopic (exact) mass is 310 g/mol. The van der Waals surface area contributed by atoms with E-state index >= 15 is 0 Å². The van der Waals surface area contributed by atoms with Gasteiger partial charge in [0, 0.05) is 18.4 Å². The quantitative estimate of drug-likeness (QED) is 0.920. The molecule has 7 heteroatoms. The number of aromatic nitrogens is 1. The van der Waals surface area contributed by atoms with Crippen LogP contribution < -0.4 is 9.46 Å². The van der Waals surface area contributed by atoms with Crippen molar-refractivity contribution in [3.05, 3.63) is 54.1 Å². The molecule has 0 amide bonds. The van der Waals surface area contributed by atoms with Gasteiger partial charge in [0.25, 0.3) is 0 Å². The first-order valence-electron chi connectivity index (χ1n) is 6.20. The highest BCUT2D eigenvalue weighted by Crippen LogP contribution is 2.22. The predicted molar refractivity (Wildman–Crippen MR) is 75.9 cm³/mol. The highest BCUT2D eigenvalue weighted by Gasteiger charge is 2.20. The molecule has 1 heterocycles. The molecule has 0 fully saturated rings. The Balaban J connectivity index is 2.24. The zero-order valence-corrected chi connectivity index (χ0v) is 12.4. The normalized spacial score (nSPS) is 12.9. The summed E-state index contributed by atoms with van der Waals surface area (Å²) in [4.78, 5) is 3.72. The average molecular weight is 310 g/mol. The van der Waals surface area contributed by atoms with Gasteiger partial charge < -0.3 is 4.74 Å². The summed E-state index contributed by atoms with van der Waals surface area (Å²) in [5.41, 5.74) is 0.766. The van der Waals surface area contributed by atoms with Gasteiger partial charge in [-0.05, 0) is 42.8 Å². The van der Waals surface area contributed by atoms with E-state index in [0.29, 0.717) is 0 Å². The smallest absolute Gasteiger partial charge is 0.241 e. The molecule has 0 bridgehead atoms. The van der Waals surface area contributed by atoms with Crippen molar-refractivity contribution < 1.29 is 17.5 Å². The van der Waals surface area contributed by atoms with Crippen molar-refractivity contribution in [2.45, 2.75) is 17.9 Å². The Kier molecular flexibility index (Phi) is 4.54. The van der Waals surface area contributed by atoms with Crippen LogP contribution in [-0.4, -0.2) is 20.5 Å². The lowest BCUT2D eigenvalue weighted by molar-refractivity contribution is 0.385. The van der Waals surface area contributed by atoms with E-state index in [4.69, 9.17) is 4.74 Å². The van der Waals surface area contributed by atoms with Crippen LogP contribution in [-0.2, 0) is 10.0 Å². The van der Waals surface area contributed by atoms with Gasteiger partial charge in [0.2, 0.25) is 10.0 Å². The Hall–Kier alpha value is -1.99. The van der Waals surface area contributed by atoms with E-state index in [0.717, 1.165) is 11.6 Å². The first-order valence-corrected chi connectivity index (χ1v) is 7.68. The van der Waals surface area contributed by atoms with Crippen LogP contribution in [0, 0.1) is 5.82 Å². The van der Waals surface area contributed by atoms with E-state index in [1.54, 1.807) is 31.5 Å². The molecule has 112 valence electrons. The Bertz CT molecular complexity index is 720. The average Bonchev–Trinajstić information content (AvgIpc) is 2.47. The lowest BCUT2D eigenvalue weighted by atomic mass is 10.1. The summed E-state index contributed by atoms with van der Waals surface area (Å²) < 4.78 is 45.3. The van der Waals surface area contributed by atoms with Gasteiger partial charge in [-0.15, -0.1) is 0 Å². The SMILES string of the molecule is COc1ccc(S(=O)(=O)N[C@H](C)c2ccncc2)cc1F. The lowest BCUT2D eigenvalue weighted by Gasteiger charge is -2.14. The number of sulfonamides is 1. The molecule has 1 aromatic heterocycles. The molecule has 1 N–H and O–H groups in total. The molecule has 2 aromatic rings. The van der Waals surface area contributed by atoms with E-state index in [1.165, 1.54) is 19.2 Å². The molecule has 0 saturated heterocycles. The molecule has 0 unspecified atom stereocenters. The number of benzene rings is 1. The van der Waals surface area contributed by atoms with Crippen LogP contribution in [0.1, 0.15) is 18.5 Å². The van der Waals surface area contributed by atoms with Crippen LogP contribution in [0.25, 0.3) is 0 Å². The molecule has 21 heavy (non-hydrogen) atoms. The third kappa shape index (κ3) is 3.56. The van der Waals surface area contributed by atoms with E-state index in [1.807, 2.05) is 0 Å². The number of nitrogens with zero attached hydrogens (tertiary/aromatic N) is 1. The van der Waals surface area contributed by atoms with Crippen LogP contribution in [0.2, 0.25) is 0 Å². The van der Waals surface area contributed by atoms with Gasteiger partial charge in [0.1, 0.15) is 0 Å². The molecule has 0 spiro atoms. The summed E-state index contributed by atoms with van der Waals surface area (Å²) in [5, 5.41) is 0. The molecule has 5 nitrogen and oxygen atoms in total. The fourth-order valence-corrected chi connectivity index (χ4v) is 3.08. The summed E-state index contributed by atoms with van der Waals surface area (Å²) in [7, 11) is -2.51. The maximum Gasteiger partial charge on any atom is 0.241 e. The number of pyridine rings is 1. The first-order chi connectivity index (χ1) is 9.94. The first kappa shape index (κ1) is 15.4. The molecule has 0 radical (unpaired) electrons. The minimum atomic E-state index is -3.82. The number of hydrogen-bond donors (Lipinski definition) is 1. The van der Waals surface area contributed by atoms with Crippen LogP contribution in [0.5, 0.6) is 5.75 Å². The van der Waals surface area contributed by atoms with Crippen molar-refractivity contribution in [1.82, 2.24) is 9.71 Å². The minimum absolute atomic E-state index is 0.00358. The molecule has 0 aliphatic rings. The number of nitrogens with one attached hydrogen (secondary N) is 1. The fraction of sp³-hybridized carbons (Fsp3) is 0.214. The van der Waals surface area contributed by atoms with Gasteiger partial charge in [0.05, 0.1) is 12.0 Å². The zero-order chi connectivity index (χ0) is 15.5. The highest BCUT2D eigenvalue weighted by atomic mass is 32.2. The molecule has 1 atom stereocenters. The summed E-state index contributed by atoms with van der Waals surface area (Å²) in [6.07, 6.45) is 3.15. The Morgan fingerprint density at radius 1 is 1.24 bits per heavy atom. The summed E-state index contributed by atoms with van der Waals surface area (Å²) in [5.74, 6) is -0.729. The molecular formula is C14H15FN2O3S. The van der Waals surface area contributed by atoms with Crippen molar-refractivity contribution in [3.8, 4) is 5.75 Å². The topological polar surface area (TPSA) is 68.3 Å². The number of ether oxygens (including phenoxy) is 1. The molecule has 0 saturated carbocycles. The fourth-order valence-electron chi connectivity index (χ4n) is 1.84. The van der Waals surface area contributed by atoms with Crippen molar-refractivity contribution in [2.24, 2.45) is 0 Å². The molecule has 0 aliphatic carbocycles. The highest BCUT2D eigenvalue weighted by molar-refractivity contribution is 7.89. The Morgan fingerprint density at radius 2 is 1.90 bits per heavy atom. The minimum Gasteiger partial charge on any atom is -0.494 e. The number of halogens is 1. The van der Waals surface area contributed by atoms with E-state index in [9.17, 15) is 12.8 Å². The summed E-state index contributed by atoms with van der Waals surface area (Å²) in [6, 6.07) is 6.47. The van der Waals surface area contributed by atoms with Crippen LogP contribution in [0.3, 0.4) is 0 Å².